The fourth-order valence-electron chi connectivity index (χ4n) is 4.35. The van der Waals surface area contributed by atoms with Crippen LogP contribution < -0.4 is 10.1 Å². The minimum Gasteiger partial charge on any atom is -0.456 e. The van der Waals surface area contributed by atoms with Crippen LogP contribution in [0.25, 0.3) is 10.9 Å². The van der Waals surface area contributed by atoms with Crippen LogP contribution in [0.3, 0.4) is 0 Å². The van der Waals surface area contributed by atoms with Crippen molar-refractivity contribution in [3.8, 4) is 11.5 Å². The number of nitrogens with one attached hydrogen (secondary N) is 1. The number of rotatable bonds is 8. The van der Waals surface area contributed by atoms with Crippen LogP contribution in [0.5, 0.6) is 11.5 Å². The molecule has 41 heavy (non-hydrogen) atoms. The van der Waals surface area contributed by atoms with E-state index < -0.39 is 10.8 Å². The fourth-order valence-corrected chi connectivity index (χ4v) is 5.53. The first kappa shape index (κ1) is 28.1. The van der Waals surface area contributed by atoms with Gasteiger partial charge in [-0.1, -0.05) is 12.1 Å². The molecule has 2 aromatic carbocycles. The lowest BCUT2D eigenvalue weighted by molar-refractivity contribution is -0.115. The van der Waals surface area contributed by atoms with Crippen LogP contribution in [-0.2, 0) is 27.6 Å². The maximum absolute atomic E-state index is 13.3. The highest BCUT2D eigenvalue weighted by Gasteiger charge is 2.19. The molecule has 10 heteroatoms. The molecule has 3 aromatic heterocycles. The summed E-state index contributed by atoms with van der Waals surface area (Å²) in [5.41, 5.74) is 3.65. The van der Waals surface area contributed by atoms with E-state index >= 15 is 0 Å². The van der Waals surface area contributed by atoms with Crippen LogP contribution >= 0.6 is 0 Å². The van der Waals surface area contributed by atoms with E-state index in [1.807, 2.05) is 61.1 Å². The van der Waals surface area contributed by atoms with Gasteiger partial charge < -0.3 is 10.1 Å². The molecule has 0 aliphatic heterocycles. The average molecular weight is 569 g/mol. The van der Waals surface area contributed by atoms with E-state index in [1.54, 1.807) is 37.1 Å². The Morgan fingerprint density at radius 2 is 1.85 bits per heavy atom. The largest absolute Gasteiger partial charge is 0.456 e. The molecule has 1 N–H and O–H groups in total. The van der Waals surface area contributed by atoms with E-state index in [2.05, 4.69) is 46.1 Å². The summed E-state index contributed by atoms with van der Waals surface area (Å²) in [6.45, 7) is 9.96. The summed E-state index contributed by atoms with van der Waals surface area (Å²) in [6.07, 6.45) is 10.2. The summed E-state index contributed by atoms with van der Waals surface area (Å²) >= 11 is 0. The van der Waals surface area contributed by atoms with Crippen LogP contribution in [-0.4, -0.2) is 34.8 Å². The number of fused-ring (bicyclic) bond motifs is 1. The number of hydrogen-bond donors (Lipinski definition) is 1. The van der Waals surface area contributed by atoms with E-state index in [0.717, 1.165) is 22.0 Å². The van der Waals surface area contributed by atoms with Crippen LogP contribution in [0, 0.1) is 6.92 Å². The number of benzene rings is 2. The Morgan fingerprint density at radius 3 is 2.56 bits per heavy atom. The molecule has 0 saturated heterocycles. The third-order valence-electron chi connectivity index (χ3n) is 6.60. The van der Waals surface area contributed by atoms with Crippen molar-refractivity contribution in [3.05, 3.63) is 96.5 Å². The standard InChI is InChI=1S/C31H32N6O3S/c1-20-14-22(15-30(38)36-23-17-35-37(19-23)31(3,4)5)6-9-28(20)40-29-10-11-33-26-8-7-24(16-25(26)29)41(39)21(2)27-18-32-12-13-34-27/h6-14,16-19,21H,15H2,1-5H3,(H,36,38)/t21-,41?/m0/s1. The van der Waals surface area contributed by atoms with Crippen molar-refractivity contribution in [3.63, 3.8) is 0 Å². The number of amides is 1. The SMILES string of the molecule is Cc1cc(CC(=O)Nc2cnn(C(C)(C)C)c2)ccc1Oc1ccnc2ccc(S(=O)[C@@H](C)c3cnccn3)cc12. The molecule has 5 aromatic rings. The number of anilines is 1. The molecule has 1 unspecified atom stereocenters. The minimum atomic E-state index is -1.35. The van der Waals surface area contributed by atoms with Crippen molar-refractivity contribution in [1.82, 2.24) is 24.7 Å². The van der Waals surface area contributed by atoms with Gasteiger partial charge in [-0.25, -0.2) is 0 Å². The highest BCUT2D eigenvalue weighted by atomic mass is 32.2. The molecular formula is C31H32N6O3S. The maximum Gasteiger partial charge on any atom is 0.228 e. The number of carbonyl (C=O) groups excluding carboxylic acids is 1. The third kappa shape index (κ3) is 6.49. The van der Waals surface area contributed by atoms with Gasteiger partial charge in [-0.3, -0.25) is 28.6 Å². The molecule has 5 rings (SSSR count). The Kier molecular flexibility index (Phi) is 7.94. The Morgan fingerprint density at radius 1 is 1.02 bits per heavy atom. The normalized spacial score (nSPS) is 13.1. The zero-order valence-electron chi connectivity index (χ0n) is 23.7. The second kappa shape index (κ2) is 11.6. The summed E-state index contributed by atoms with van der Waals surface area (Å²) in [4.78, 5) is 26.2. The highest BCUT2D eigenvalue weighted by molar-refractivity contribution is 7.85. The van der Waals surface area contributed by atoms with E-state index in [1.165, 1.54) is 0 Å². The monoisotopic (exact) mass is 568 g/mol. The van der Waals surface area contributed by atoms with Gasteiger partial charge in [0.25, 0.3) is 0 Å². The third-order valence-corrected chi connectivity index (χ3v) is 8.21. The zero-order chi connectivity index (χ0) is 29.1. The highest BCUT2D eigenvalue weighted by Crippen LogP contribution is 2.33. The van der Waals surface area contributed by atoms with Crippen molar-refractivity contribution in [1.29, 1.82) is 0 Å². The lowest BCUT2D eigenvalue weighted by atomic mass is 10.1. The Bertz CT molecular complexity index is 1730. The summed E-state index contributed by atoms with van der Waals surface area (Å²) in [6, 6.07) is 13.0. The molecular weight excluding hydrogens is 536 g/mol. The molecule has 210 valence electrons. The summed E-state index contributed by atoms with van der Waals surface area (Å²) < 4.78 is 21.5. The van der Waals surface area contributed by atoms with Gasteiger partial charge in [0.2, 0.25) is 5.91 Å². The van der Waals surface area contributed by atoms with Gasteiger partial charge in [0.1, 0.15) is 11.5 Å². The smallest absolute Gasteiger partial charge is 0.228 e. The van der Waals surface area contributed by atoms with Gasteiger partial charge in [-0.05, 0) is 76.1 Å². The van der Waals surface area contributed by atoms with Crippen molar-refractivity contribution >= 4 is 33.3 Å². The first-order chi connectivity index (χ1) is 19.6. The summed E-state index contributed by atoms with van der Waals surface area (Å²) in [7, 11) is -1.35. The molecule has 9 nitrogen and oxygen atoms in total. The fraction of sp³-hybridized carbons (Fsp3) is 0.258. The quantitative estimate of drug-likeness (QED) is 0.240. The topological polar surface area (TPSA) is 112 Å². The molecule has 2 atom stereocenters. The lowest BCUT2D eigenvalue weighted by Gasteiger charge is -2.18. The van der Waals surface area contributed by atoms with Crippen LogP contribution in [0.4, 0.5) is 5.69 Å². The van der Waals surface area contributed by atoms with Crippen LogP contribution in [0.1, 0.15) is 49.8 Å². The predicted molar refractivity (Wildman–Crippen MR) is 159 cm³/mol. The molecule has 0 saturated carbocycles. The molecule has 0 spiro atoms. The average Bonchev–Trinajstić information content (AvgIpc) is 3.43. The zero-order valence-corrected chi connectivity index (χ0v) is 24.5. The van der Waals surface area contributed by atoms with E-state index in [4.69, 9.17) is 4.74 Å². The molecule has 0 radical (unpaired) electrons. The molecule has 3 heterocycles. The van der Waals surface area contributed by atoms with E-state index in [-0.39, 0.29) is 23.1 Å². The van der Waals surface area contributed by atoms with E-state index in [9.17, 15) is 9.00 Å². The van der Waals surface area contributed by atoms with Gasteiger partial charge in [-0.2, -0.15) is 5.10 Å². The van der Waals surface area contributed by atoms with Crippen molar-refractivity contribution in [2.45, 2.75) is 56.7 Å². The van der Waals surface area contributed by atoms with E-state index in [0.29, 0.717) is 27.8 Å². The first-order valence-corrected chi connectivity index (χ1v) is 14.5. The number of nitrogens with zero attached hydrogens (tertiary/aromatic N) is 5. The van der Waals surface area contributed by atoms with Gasteiger partial charge in [0.05, 0.1) is 51.1 Å². The molecule has 0 fully saturated rings. The predicted octanol–water partition coefficient (Wildman–Crippen LogP) is 6.13. The summed E-state index contributed by atoms with van der Waals surface area (Å²) in [5.74, 6) is 1.14. The van der Waals surface area contributed by atoms with Crippen molar-refractivity contribution < 1.29 is 13.7 Å². The summed E-state index contributed by atoms with van der Waals surface area (Å²) in [5, 5.41) is 7.67. The van der Waals surface area contributed by atoms with Gasteiger partial charge in [0.15, 0.2) is 0 Å². The lowest BCUT2D eigenvalue weighted by Crippen LogP contribution is -2.22. The Balaban J connectivity index is 1.31. The first-order valence-electron chi connectivity index (χ1n) is 13.3. The number of hydrogen-bond acceptors (Lipinski definition) is 7. The number of ether oxygens (including phenoxy) is 1. The molecule has 0 bridgehead atoms. The van der Waals surface area contributed by atoms with Crippen molar-refractivity contribution in [2.24, 2.45) is 0 Å². The molecule has 1 amide bonds. The van der Waals surface area contributed by atoms with Gasteiger partial charge in [0, 0.05) is 41.3 Å². The number of aryl methyl sites for hydroxylation is 1. The maximum atomic E-state index is 13.3. The second-order valence-electron chi connectivity index (χ2n) is 10.8. The second-order valence-corrected chi connectivity index (χ2v) is 12.6. The van der Waals surface area contributed by atoms with Gasteiger partial charge >= 0.3 is 0 Å². The molecule has 0 aliphatic carbocycles. The van der Waals surface area contributed by atoms with Crippen LogP contribution in [0.2, 0.25) is 0 Å². The molecule has 0 aliphatic rings. The van der Waals surface area contributed by atoms with Crippen LogP contribution in [0.15, 0.2) is 84.5 Å². The number of aromatic nitrogens is 5. The number of pyridine rings is 1. The van der Waals surface area contributed by atoms with Gasteiger partial charge in [-0.15, -0.1) is 0 Å². The van der Waals surface area contributed by atoms with Crippen molar-refractivity contribution in [2.75, 3.05) is 5.32 Å². The Labute approximate surface area is 241 Å². The Hall–Kier alpha value is -4.44. The number of carbonyl (C=O) groups is 1. The minimum absolute atomic E-state index is 0.122.